The number of amides is 2. The molecule has 0 unspecified atom stereocenters. The lowest BCUT2D eigenvalue weighted by molar-refractivity contribution is 0.179. The zero-order valence-electron chi connectivity index (χ0n) is 13.4. The van der Waals surface area contributed by atoms with Crippen LogP contribution in [0.4, 0.5) is 4.79 Å². The molecule has 1 aromatic carbocycles. The van der Waals surface area contributed by atoms with E-state index in [0.29, 0.717) is 32.5 Å². The van der Waals surface area contributed by atoms with Gasteiger partial charge in [0.15, 0.2) is 0 Å². The molecule has 2 rings (SSSR count). The third-order valence-electron chi connectivity index (χ3n) is 3.74. The minimum atomic E-state index is -3.20. The van der Waals surface area contributed by atoms with Crippen LogP contribution >= 0.6 is 0 Å². The second kappa shape index (κ2) is 7.65. The number of benzene rings is 1. The first-order chi connectivity index (χ1) is 10.9. The lowest BCUT2D eigenvalue weighted by Gasteiger charge is -2.32. The van der Waals surface area contributed by atoms with Gasteiger partial charge in [-0.15, -0.1) is 0 Å². The number of carbonyl (C=O) groups excluding carboxylic acids is 1. The van der Waals surface area contributed by atoms with E-state index in [4.69, 9.17) is 4.74 Å². The third-order valence-corrected chi connectivity index (χ3v) is 4.50. The summed E-state index contributed by atoms with van der Waals surface area (Å²) in [6, 6.07) is 7.30. The topological polar surface area (TPSA) is 87.7 Å². The van der Waals surface area contributed by atoms with Crippen LogP contribution in [0, 0.1) is 0 Å². The number of sulfonamides is 1. The van der Waals surface area contributed by atoms with Crippen LogP contribution in [0.2, 0.25) is 0 Å². The molecule has 1 fully saturated rings. The maximum Gasteiger partial charge on any atom is 0.317 e. The molecule has 0 spiro atoms. The molecule has 1 saturated heterocycles. The minimum absolute atomic E-state index is 0.0903. The second-order valence-corrected chi connectivity index (χ2v) is 7.44. The Morgan fingerprint density at radius 2 is 2.04 bits per heavy atom. The van der Waals surface area contributed by atoms with Gasteiger partial charge in [-0.2, -0.15) is 0 Å². The summed E-state index contributed by atoms with van der Waals surface area (Å²) >= 11 is 0. The summed E-state index contributed by atoms with van der Waals surface area (Å²) in [5, 5.41) is 2.88. The van der Waals surface area contributed by atoms with E-state index in [0.717, 1.165) is 17.6 Å². The van der Waals surface area contributed by atoms with Crippen molar-refractivity contribution in [2.24, 2.45) is 0 Å². The smallest absolute Gasteiger partial charge is 0.317 e. The van der Waals surface area contributed by atoms with Gasteiger partial charge in [0.2, 0.25) is 10.0 Å². The van der Waals surface area contributed by atoms with Gasteiger partial charge in [0.1, 0.15) is 5.75 Å². The van der Waals surface area contributed by atoms with Crippen molar-refractivity contribution in [1.82, 2.24) is 14.9 Å². The fourth-order valence-electron chi connectivity index (χ4n) is 2.58. The molecule has 0 bridgehead atoms. The largest absolute Gasteiger partial charge is 0.497 e. The lowest BCUT2D eigenvalue weighted by atomic mass is 10.1. The molecule has 0 aliphatic carbocycles. The Labute approximate surface area is 137 Å². The summed E-state index contributed by atoms with van der Waals surface area (Å²) in [5.41, 5.74) is 0.964. The van der Waals surface area contributed by atoms with Gasteiger partial charge < -0.3 is 15.0 Å². The van der Waals surface area contributed by atoms with Crippen molar-refractivity contribution in [3.63, 3.8) is 0 Å². The number of hydrogen-bond donors (Lipinski definition) is 2. The molecular formula is C15H23N3O4S. The van der Waals surface area contributed by atoms with E-state index in [9.17, 15) is 13.2 Å². The first kappa shape index (κ1) is 17.6. The number of likely N-dealkylation sites (tertiary alicyclic amines) is 1. The normalized spacial score (nSPS) is 16.2. The van der Waals surface area contributed by atoms with Gasteiger partial charge in [-0.25, -0.2) is 17.9 Å². The van der Waals surface area contributed by atoms with Gasteiger partial charge in [-0.3, -0.25) is 0 Å². The molecule has 8 heteroatoms. The fraction of sp³-hybridized carbons (Fsp3) is 0.533. The number of nitrogens with zero attached hydrogens (tertiary/aromatic N) is 1. The van der Waals surface area contributed by atoms with Crippen molar-refractivity contribution in [3.8, 4) is 5.75 Å². The molecule has 0 aromatic heterocycles. The van der Waals surface area contributed by atoms with E-state index in [1.807, 2.05) is 24.3 Å². The predicted molar refractivity (Wildman–Crippen MR) is 87.8 cm³/mol. The first-order valence-electron chi connectivity index (χ1n) is 7.50. The summed E-state index contributed by atoms with van der Waals surface area (Å²) in [7, 11) is -1.59. The highest BCUT2D eigenvalue weighted by Gasteiger charge is 2.24. The van der Waals surface area contributed by atoms with E-state index < -0.39 is 10.0 Å². The fourth-order valence-corrected chi connectivity index (χ4v) is 3.42. The minimum Gasteiger partial charge on any atom is -0.497 e. The summed E-state index contributed by atoms with van der Waals surface area (Å²) < 4.78 is 30.2. The van der Waals surface area contributed by atoms with Crippen molar-refractivity contribution >= 4 is 16.1 Å². The Kier molecular flexibility index (Phi) is 5.84. The molecule has 1 aliphatic heterocycles. The van der Waals surface area contributed by atoms with Crippen LogP contribution in [0.15, 0.2) is 24.3 Å². The number of rotatable bonds is 5. The van der Waals surface area contributed by atoms with Crippen molar-refractivity contribution in [2.45, 2.75) is 25.4 Å². The van der Waals surface area contributed by atoms with Crippen LogP contribution in [0.5, 0.6) is 5.75 Å². The molecule has 1 heterocycles. The highest BCUT2D eigenvalue weighted by atomic mass is 32.2. The van der Waals surface area contributed by atoms with Crippen LogP contribution in [0.1, 0.15) is 18.4 Å². The van der Waals surface area contributed by atoms with Gasteiger partial charge in [0.05, 0.1) is 13.4 Å². The number of ether oxygens (including phenoxy) is 1. The monoisotopic (exact) mass is 341 g/mol. The number of carbonyl (C=O) groups is 1. The zero-order chi connectivity index (χ0) is 16.9. The standard InChI is InChI=1S/C15H23N3O4S/c1-22-14-5-3-4-12(10-14)11-16-15(19)18-8-6-13(7-9-18)17-23(2,20)21/h3-5,10,13,17H,6-9,11H2,1-2H3,(H,16,19). The maximum atomic E-state index is 12.2. The molecule has 2 N–H and O–H groups in total. The molecule has 0 atom stereocenters. The van der Waals surface area contributed by atoms with Gasteiger partial charge in [-0.05, 0) is 30.5 Å². The van der Waals surface area contributed by atoms with E-state index in [1.54, 1.807) is 12.0 Å². The molecule has 23 heavy (non-hydrogen) atoms. The van der Waals surface area contributed by atoms with E-state index in [-0.39, 0.29) is 12.1 Å². The Morgan fingerprint density at radius 1 is 1.35 bits per heavy atom. The van der Waals surface area contributed by atoms with Crippen LogP contribution < -0.4 is 14.8 Å². The molecular weight excluding hydrogens is 318 g/mol. The van der Waals surface area contributed by atoms with Gasteiger partial charge >= 0.3 is 6.03 Å². The van der Waals surface area contributed by atoms with Gasteiger partial charge in [-0.1, -0.05) is 12.1 Å². The molecule has 1 aliphatic rings. The maximum absolute atomic E-state index is 12.2. The van der Waals surface area contributed by atoms with Crippen LogP contribution in [0.25, 0.3) is 0 Å². The lowest BCUT2D eigenvalue weighted by Crippen LogP contribution is -2.49. The van der Waals surface area contributed by atoms with E-state index >= 15 is 0 Å². The summed E-state index contributed by atoms with van der Waals surface area (Å²) in [6.45, 7) is 1.51. The molecule has 0 radical (unpaired) electrons. The van der Waals surface area contributed by atoms with Crippen LogP contribution in [-0.2, 0) is 16.6 Å². The van der Waals surface area contributed by atoms with E-state index in [1.165, 1.54) is 0 Å². The molecule has 7 nitrogen and oxygen atoms in total. The first-order valence-corrected chi connectivity index (χ1v) is 9.39. The number of hydrogen-bond acceptors (Lipinski definition) is 4. The molecule has 128 valence electrons. The Bertz CT molecular complexity index is 640. The Morgan fingerprint density at radius 3 is 2.65 bits per heavy atom. The quantitative estimate of drug-likeness (QED) is 0.834. The van der Waals surface area contributed by atoms with Crippen LogP contribution in [0.3, 0.4) is 0 Å². The van der Waals surface area contributed by atoms with Crippen LogP contribution in [-0.4, -0.2) is 51.8 Å². The second-order valence-electron chi connectivity index (χ2n) is 5.66. The van der Waals surface area contributed by atoms with Crippen molar-refractivity contribution < 1.29 is 17.9 Å². The highest BCUT2D eigenvalue weighted by Crippen LogP contribution is 2.13. The van der Waals surface area contributed by atoms with Crippen molar-refractivity contribution in [1.29, 1.82) is 0 Å². The van der Waals surface area contributed by atoms with E-state index in [2.05, 4.69) is 10.0 Å². The highest BCUT2D eigenvalue weighted by molar-refractivity contribution is 7.88. The average Bonchev–Trinajstić information content (AvgIpc) is 2.52. The van der Waals surface area contributed by atoms with Gasteiger partial charge in [0, 0.05) is 25.7 Å². The average molecular weight is 341 g/mol. The summed E-state index contributed by atoms with van der Waals surface area (Å²) in [5.74, 6) is 0.754. The molecule has 0 saturated carbocycles. The summed E-state index contributed by atoms with van der Waals surface area (Å²) in [6.07, 6.45) is 2.40. The predicted octanol–water partition coefficient (Wildman–Crippen LogP) is 0.918. The SMILES string of the molecule is COc1cccc(CNC(=O)N2CCC(NS(C)(=O)=O)CC2)c1. The van der Waals surface area contributed by atoms with Crippen molar-refractivity contribution in [3.05, 3.63) is 29.8 Å². The van der Waals surface area contributed by atoms with Gasteiger partial charge in [0.25, 0.3) is 0 Å². The molecule has 1 aromatic rings. The van der Waals surface area contributed by atoms with Crippen molar-refractivity contribution in [2.75, 3.05) is 26.5 Å². The summed E-state index contributed by atoms with van der Waals surface area (Å²) in [4.78, 5) is 13.9. The number of nitrogens with one attached hydrogen (secondary N) is 2. The number of urea groups is 1. The Hall–Kier alpha value is -1.80. The number of piperidine rings is 1. The molecule has 2 amide bonds. The zero-order valence-corrected chi connectivity index (χ0v) is 14.2. The number of methoxy groups -OCH3 is 1. The third kappa shape index (κ3) is 5.72. The Balaban J connectivity index is 1.79.